The topological polar surface area (TPSA) is 41.1 Å². The molecule has 1 saturated heterocycles. The van der Waals surface area contributed by atoms with Gasteiger partial charge in [0.1, 0.15) is 0 Å². The molecule has 1 heterocycles. The van der Waals surface area contributed by atoms with Gasteiger partial charge in [-0.15, -0.1) is 0 Å². The number of carbonyl (C=O) groups excluding carboxylic acids is 1. The quantitative estimate of drug-likeness (QED) is 0.762. The summed E-state index contributed by atoms with van der Waals surface area (Å²) in [4.78, 5) is 11.7. The Bertz CT molecular complexity index is 344. The molecule has 1 aromatic carbocycles. The first-order valence-electron chi connectivity index (χ1n) is 6.43. The van der Waals surface area contributed by atoms with Gasteiger partial charge in [-0.25, -0.2) is 0 Å². The lowest BCUT2D eigenvalue weighted by atomic mass is 10.1. The minimum Gasteiger partial charge on any atom is -0.352 e. The molecule has 1 atom stereocenters. The Balaban J connectivity index is 1.63. The van der Waals surface area contributed by atoms with Crippen LogP contribution in [0.5, 0.6) is 0 Å². The van der Waals surface area contributed by atoms with E-state index >= 15 is 0 Å². The van der Waals surface area contributed by atoms with Crippen LogP contribution in [0.3, 0.4) is 0 Å². The van der Waals surface area contributed by atoms with Crippen molar-refractivity contribution in [2.24, 2.45) is 0 Å². The molecular weight excluding hydrogens is 212 g/mol. The van der Waals surface area contributed by atoms with E-state index < -0.39 is 0 Å². The summed E-state index contributed by atoms with van der Waals surface area (Å²) in [5.74, 6) is 0.0324. The van der Waals surface area contributed by atoms with Crippen LogP contribution in [0, 0.1) is 0 Å². The second-order valence-corrected chi connectivity index (χ2v) is 4.56. The lowest BCUT2D eigenvalue weighted by molar-refractivity contribution is 0.0952. The zero-order valence-corrected chi connectivity index (χ0v) is 10.1. The summed E-state index contributed by atoms with van der Waals surface area (Å²) in [6, 6.07) is 10.0. The largest absolute Gasteiger partial charge is 0.352 e. The summed E-state index contributed by atoms with van der Waals surface area (Å²) in [6.45, 7) is 1.92. The summed E-state index contributed by atoms with van der Waals surface area (Å²) in [5.41, 5.74) is 0.742. The third-order valence-corrected chi connectivity index (χ3v) is 3.21. The number of hydrogen-bond acceptors (Lipinski definition) is 2. The van der Waals surface area contributed by atoms with E-state index in [9.17, 15) is 4.79 Å². The number of hydrogen-bond donors (Lipinski definition) is 2. The van der Waals surface area contributed by atoms with Gasteiger partial charge in [0.15, 0.2) is 0 Å². The Morgan fingerprint density at radius 3 is 2.88 bits per heavy atom. The van der Waals surface area contributed by atoms with Crippen LogP contribution >= 0.6 is 0 Å². The predicted molar refractivity (Wildman–Crippen MR) is 69.0 cm³/mol. The molecule has 1 aliphatic rings. The standard InChI is InChI=1S/C14H20N2O/c17-14(12-6-2-1-3-7-12)16-11-5-9-13-8-4-10-15-13/h1-3,6-7,13,15H,4-5,8-11H2,(H,16,17). The fraction of sp³-hybridized carbons (Fsp3) is 0.500. The monoisotopic (exact) mass is 232 g/mol. The summed E-state index contributed by atoms with van der Waals surface area (Å²) < 4.78 is 0. The number of rotatable bonds is 5. The van der Waals surface area contributed by atoms with E-state index in [1.165, 1.54) is 12.8 Å². The van der Waals surface area contributed by atoms with Crippen molar-refractivity contribution in [1.29, 1.82) is 0 Å². The van der Waals surface area contributed by atoms with Crippen molar-refractivity contribution >= 4 is 5.91 Å². The molecule has 92 valence electrons. The molecule has 1 fully saturated rings. The molecule has 0 bridgehead atoms. The van der Waals surface area contributed by atoms with Gasteiger partial charge in [-0.05, 0) is 44.4 Å². The highest BCUT2D eigenvalue weighted by Crippen LogP contribution is 2.10. The third kappa shape index (κ3) is 3.86. The average Bonchev–Trinajstić information content (AvgIpc) is 2.88. The van der Waals surface area contributed by atoms with Crippen LogP contribution in [0.25, 0.3) is 0 Å². The molecule has 2 rings (SSSR count). The van der Waals surface area contributed by atoms with E-state index in [1.807, 2.05) is 30.3 Å². The molecule has 1 aliphatic heterocycles. The van der Waals surface area contributed by atoms with Crippen molar-refractivity contribution < 1.29 is 4.79 Å². The van der Waals surface area contributed by atoms with Crippen LogP contribution < -0.4 is 10.6 Å². The van der Waals surface area contributed by atoms with Crippen LogP contribution in [-0.2, 0) is 0 Å². The number of carbonyl (C=O) groups is 1. The maximum absolute atomic E-state index is 11.7. The zero-order chi connectivity index (χ0) is 11.9. The highest BCUT2D eigenvalue weighted by atomic mass is 16.1. The van der Waals surface area contributed by atoms with Crippen molar-refractivity contribution in [1.82, 2.24) is 10.6 Å². The van der Waals surface area contributed by atoms with Crippen molar-refractivity contribution in [3.63, 3.8) is 0 Å². The minimum atomic E-state index is 0.0324. The summed E-state index contributed by atoms with van der Waals surface area (Å²) in [6.07, 6.45) is 4.79. The van der Waals surface area contributed by atoms with Gasteiger partial charge in [0.25, 0.3) is 5.91 Å². The predicted octanol–water partition coefficient (Wildman–Crippen LogP) is 1.95. The Labute approximate surface area is 103 Å². The van der Waals surface area contributed by atoms with Crippen LogP contribution in [0.4, 0.5) is 0 Å². The maximum atomic E-state index is 11.7. The molecule has 1 aromatic rings. The fourth-order valence-electron chi connectivity index (χ4n) is 2.25. The van der Waals surface area contributed by atoms with Crippen LogP contribution in [0.2, 0.25) is 0 Å². The molecule has 2 N–H and O–H groups in total. The van der Waals surface area contributed by atoms with E-state index in [0.29, 0.717) is 6.04 Å². The average molecular weight is 232 g/mol. The molecule has 17 heavy (non-hydrogen) atoms. The van der Waals surface area contributed by atoms with Gasteiger partial charge in [-0.3, -0.25) is 4.79 Å². The van der Waals surface area contributed by atoms with Crippen molar-refractivity contribution in [3.8, 4) is 0 Å². The Morgan fingerprint density at radius 1 is 1.35 bits per heavy atom. The second kappa shape index (κ2) is 6.40. The van der Waals surface area contributed by atoms with Gasteiger partial charge in [0.2, 0.25) is 0 Å². The van der Waals surface area contributed by atoms with Crippen molar-refractivity contribution in [2.45, 2.75) is 31.7 Å². The fourth-order valence-corrected chi connectivity index (χ4v) is 2.25. The normalized spacial score (nSPS) is 19.2. The van der Waals surface area contributed by atoms with Crippen LogP contribution in [0.15, 0.2) is 30.3 Å². The van der Waals surface area contributed by atoms with E-state index in [1.54, 1.807) is 0 Å². The highest BCUT2D eigenvalue weighted by Gasteiger charge is 2.13. The van der Waals surface area contributed by atoms with Crippen LogP contribution in [0.1, 0.15) is 36.0 Å². The molecule has 0 aromatic heterocycles. The van der Waals surface area contributed by atoms with E-state index in [2.05, 4.69) is 10.6 Å². The third-order valence-electron chi connectivity index (χ3n) is 3.21. The van der Waals surface area contributed by atoms with Gasteiger partial charge >= 0.3 is 0 Å². The van der Waals surface area contributed by atoms with Gasteiger partial charge in [0, 0.05) is 18.2 Å². The zero-order valence-electron chi connectivity index (χ0n) is 10.1. The lowest BCUT2D eigenvalue weighted by Crippen LogP contribution is -2.27. The molecule has 0 saturated carbocycles. The molecular formula is C14H20N2O. The summed E-state index contributed by atoms with van der Waals surface area (Å²) in [7, 11) is 0. The van der Waals surface area contributed by atoms with Gasteiger partial charge in [-0.2, -0.15) is 0 Å². The Morgan fingerprint density at radius 2 is 2.18 bits per heavy atom. The molecule has 0 radical (unpaired) electrons. The molecule has 0 spiro atoms. The van der Waals surface area contributed by atoms with Crippen molar-refractivity contribution in [3.05, 3.63) is 35.9 Å². The molecule has 1 unspecified atom stereocenters. The van der Waals surface area contributed by atoms with Crippen molar-refractivity contribution in [2.75, 3.05) is 13.1 Å². The highest BCUT2D eigenvalue weighted by molar-refractivity contribution is 5.94. The summed E-state index contributed by atoms with van der Waals surface area (Å²) >= 11 is 0. The SMILES string of the molecule is O=C(NCCCC1CCCN1)c1ccccc1. The Kier molecular flexibility index (Phi) is 4.56. The van der Waals surface area contributed by atoms with Gasteiger partial charge in [0.05, 0.1) is 0 Å². The Hall–Kier alpha value is -1.35. The molecule has 0 aliphatic carbocycles. The molecule has 3 heteroatoms. The molecule has 1 amide bonds. The number of nitrogens with one attached hydrogen (secondary N) is 2. The smallest absolute Gasteiger partial charge is 0.251 e. The summed E-state index contributed by atoms with van der Waals surface area (Å²) in [5, 5.41) is 6.42. The first-order chi connectivity index (χ1) is 8.36. The second-order valence-electron chi connectivity index (χ2n) is 4.56. The van der Waals surface area contributed by atoms with Gasteiger partial charge < -0.3 is 10.6 Å². The first kappa shape index (κ1) is 12.1. The minimum absolute atomic E-state index is 0.0324. The van der Waals surface area contributed by atoms with Crippen LogP contribution in [-0.4, -0.2) is 25.0 Å². The maximum Gasteiger partial charge on any atom is 0.251 e. The van der Waals surface area contributed by atoms with Gasteiger partial charge in [-0.1, -0.05) is 18.2 Å². The van der Waals surface area contributed by atoms with E-state index in [-0.39, 0.29) is 5.91 Å². The number of amides is 1. The molecule has 3 nitrogen and oxygen atoms in total. The van der Waals surface area contributed by atoms with E-state index in [0.717, 1.165) is 31.5 Å². The van der Waals surface area contributed by atoms with E-state index in [4.69, 9.17) is 0 Å². The lowest BCUT2D eigenvalue weighted by Gasteiger charge is -2.10. The number of benzene rings is 1. The first-order valence-corrected chi connectivity index (χ1v) is 6.43.